The van der Waals surface area contributed by atoms with Crippen LogP contribution in [0.3, 0.4) is 0 Å². The molecule has 4 aromatic rings. The molecule has 1 amide bonds. The lowest BCUT2D eigenvalue weighted by molar-refractivity contribution is 0.140. The number of halogens is 1. The molecule has 8 nitrogen and oxygen atoms in total. The van der Waals surface area contributed by atoms with E-state index in [0.717, 1.165) is 28.2 Å². The molecule has 168 valence electrons. The number of fused-ring (bicyclic) bond motifs is 1. The van der Waals surface area contributed by atoms with Gasteiger partial charge in [-0.25, -0.2) is 9.78 Å². The summed E-state index contributed by atoms with van der Waals surface area (Å²) in [6, 6.07) is 11.1. The van der Waals surface area contributed by atoms with E-state index in [-0.39, 0.29) is 0 Å². The molecule has 0 spiro atoms. The van der Waals surface area contributed by atoms with Gasteiger partial charge in [-0.3, -0.25) is 9.08 Å². The average Bonchev–Trinajstić information content (AvgIpc) is 3.45. The van der Waals surface area contributed by atoms with Crippen LogP contribution in [0.1, 0.15) is 5.56 Å². The Morgan fingerprint density at radius 2 is 1.82 bits per heavy atom. The molecule has 1 aromatic carbocycles. The Hall–Kier alpha value is -3.78. The first-order chi connectivity index (χ1) is 16.0. The molecule has 0 unspecified atom stereocenters. The first-order valence-corrected chi connectivity index (χ1v) is 11.0. The van der Waals surface area contributed by atoms with Crippen molar-refractivity contribution in [2.24, 2.45) is 7.05 Å². The number of aryl methyl sites for hydroxylation is 1. The van der Waals surface area contributed by atoms with Gasteiger partial charge in [0.05, 0.1) is 12.4 Å². The van der Waals surface area contributed by atoms with Gasteiger partial charge in [0, 0.05) is 61.8 Å². The predicted octanol–water partition coefficient (Wildman–Crippen LogP) is 4.32. The van der Waals surface area contributed by atoms with Gasteiger partial charge in [0.15, 0.2) is 0 Å². The van der Waals surface area contributed by atoms with Crippen molar-refractivity contribution in [2.45, 2.75) is 0 Å². The zero-order valence-electron chi connectivity index (χ0n) is 18.2. The predicted molar refractivity (Wildman–Crippen MR) is 128 cm³/mol. The summed E-state index contributed by atoms with van der Waals surface area (Å²) >= 11 is 5.91. The van der Waals surface area contributed by atoms with Crippen molar-refractivity contribution in [2.75, 3.05) is 31.1 Å². The first-order valence-electron chi connectivity index (χ1n) is 10.6. The van der Waals surface area contributed by atoms with Gasteiger partial charge in [-0.1, -0.05) is 18.2 Å². The maximum atomic E-state index is 12.6. The highest BCUT2D eigenvalue weighted by molar-refractivity contribution is 6.30. The van der Waals surface area contributed by atoms with Gasteiger partial charge in [-0.05, 0) is 42.0 Å². The lowest BCUT2D eigenvalue weighted by atomic mass is 10.1. The monoisotopic (exact) mass is 462 g/mol. The van der Waals surface area contributed by atoms with Crippen molar-refractivity contribution >= 4 is 34.9 Å². The fraction of sp³-hybridized carbons (Fsp3) is 0.208. The molecule has 0 aliphatic carbocycles. The fourth-order valence-corrected chi connectivity index (χ4v) is 4.06. The topological polar surface area (TPSA) is 67.9 Å². The van der Waals surface area contributed by atoms with E-state index in [2.05, 4.69) is 38.1 Å². The minimum Gasteiger partial charge on any atom is -0.410 e. The van der Waals surface area contributed by atoms with Crippen LogP contribution in [0.5, 0.6) is 0 Å². The molecular formula is C24H23ClN6O2. The van der Waals surface area contributed by atoms with Crippen molar-refractivity contribution in [3.05, 3.63) is 78.4 Å². The lowest BCUT2D eigenvalue weighted by Crippen LogP contribution is -2.49. The molecule has 9 heteroatoms. The van der Waals surface area contributed by atoms with Crippen LogP contribution in [-0.4, -0.2) is 56.3 Å². The molecule has 3 aromatic heterocycles. The summed E-state index contributed by atoms with van der Waals surface area (Å²) in [6.07, 6.45) is 7.33. The van der Waals surface area contributed by atoms with Gasteiger partial charge >= 0.3 is 6.09 Å². The van der Waals surface area contributed by atoms with Crippen LogP contribution in [0.2, 0.25) is 5.02 Å². The molecule has 33 heavy (non-hydrogen) atoms. The molecule has 0 N–H and O–H groups in total. The number of hydrogen-bond donors (Lipinski definition) is 0. The summed E-state index contributed by atoms with van der Waals surface area (Å²) in [5.41, 5.74) is 3.72. The molecule has 0 radical (unpaired) electrons. The molecule has 1 saturated heterocycles. The minimum absolute atomic E-state index is 0.310. The SMILES string of the molecule is C=C(OC(=O)N1CCN(c2cnc3cc(-c4cnn(C)c4)ccn23)CC1)c1ccc(Cl)cc1. The molecule has 0 saturated carbocycles. The van der Waals surface area contributed by atoms with E-state index in [1.165, 1.54) is 0 Å². The molecule has 1 aliphatic heterocycles. The molecule has 4 heterocycles. The van der Waals surface area contributed by atoms with E-state index < -0.39 is 6.09 Å². The van der Waals surface area contributed by atoms with E-state index in [1.807, 2.05) is 31.8 Å². The van der Waals surface area contributed by atoms with Gasteiger partial charge in [0.25, 0.3) is 0 Å². The quantitative estimate of drug-likeness (QED) is 0.422. The molecule has 5 rings (SSSR count). The normalized spacial score (nSPS) is 14.0. The minimum atomic E-state index is -0.395. The Kier molecular flexibility index (Phi) is 5.51. The van der Waals surface area contributed by atoms with Crippen LogP contribution in [0, 0.1) is 0 Å². The van der Waals surface area contributed by atoms with Crippen molar-refractivity contribution in [3.8, 4) is 11.1 Å². The number of carbonyl (C=O) groups is 1. The van der Waals surface area contributed by atoms with Crippen LogP contribution in [0.25, 0.3) is 22.5 Å². The smallest absolute Gasteiger partial charge is 0.410 e. The number of rotatable bonds is 4. The molecular weight excluding hydrogens is 440 g/mol. The van der Waals surface area contributed by atoms with Crippen LogP contribution in [-0.2, 0) is 11.8 Å². The van der Waals surface area contributed by atoms with Gasteiger partial charge in [-0.15, -0.1) is 0 Å². The van der Waals surface area contributed by atoms with E-state index >= 15 is 0 Å². The molecule has 0 atom stereocenters. The number of imidazole rings is 1. The number of hydrogen-bond acceptors (Lipinski definition) is 5. The zero-order valence-corrected chi connectivity index (χ0v) is 18.9. The number of amides is 1. The van der Waals surface area contributed by atoms with Crippen LogP contribution >= 0.6 is 11.6 Å². The second kappa shape index (κ2) is 8.63. The highest BCUT2D eigenvalue weighted by Gasteiger charge is 2.25. The maximum Gasteiger partial charge on any atom is 0.415 e. The van der Waals surface area contributed by atoms with Gasteiger partial charge in [-0.2, -0.15) is 5.10 Å². The van der Waals surface area contributed by atoms with Crippen molar-refractivity contribution in [1.29, 1.82) is 0 Å². The largest absolute Gasteiger partial charge is 0.415 e. The third kappa shape index (κ3) is 4.29. The number of pyridine rings is 1. The number of nitrogens with zero attached hydrogens (tertiary/aromatic N) is 6. The highest BCUT2D eigenvalue weighted by atomic mass is 35.5. The fourth-order valence-electron chi connectivity index (χ4n) is 3.93. The summed E-state index contributed by atoms with van der Waals surface area (Å²) in [7, 11) is 1.90. The Balaban J connectivity index is 1.23. The number of piperazine rings is 1. The summed E-state index contributed by atoms with van der Waals surface area (Å²) in [5.74, 6) is 1.31. The second-order valence-electron chi connectivity index (χ2n) is 7.93. The van der Waals surface area contributed by atoms with Crippen molar-refractivity contribution in [3.63, 3.8) is 0 Å². The maximum absolute atomic E-state index is 12.6. The van der Waals surface area contributed by atoms with Gasteiger partial charge in [0.2, 0.25) is 0 Å². The second-order valence-corrected chi connectivity index (χ2v) is 8.37. The van der Waals surface area contributed by atoms with Crippen molar-refractivity contribution < 1.29 is 9.53 Å². The summed E-state index contributed by atoms with van der Waals surface area (Å²) in [6.45, 7) is 6.33. The third-order valence-electron chi connectivity index (χ3n) is 5.77. The summed E-state index contributed by atoms with van der Waals surface area (Å²) in [5, 5.41) is 4.86. The third-order valence-corrected chi connectivity index (χ3v) is 6.02. The Morgan fingerprint density at radius 1 is 1.06 bits per heavy atom. The number of benzene rings is 1. The van der Waals surface area contributed by atoms with Crippen molar-refractivity contribution in [1.82, 2.24) is 24.1 Å². The summed E-state index contributed by atoms with van der Waals surface area (Å²) < 4.78 is 9.32. The molecule has 1 aliphatic rings. The first kappa shape index (κ1) is 21.1. The van der Waals surface area contributed by atoms with Gasteiger partial charge < -0.3 is 14.5 Å². The highest BCUT2D eigenvalue weighted by Crippen LogP contribution is 2.25. The van der Waals surface area contributed by atoms with Crippen LogP contribution in [0.15, 0.2) is 67.8 Å². The Morgan fingerprint density at radius 3 is 2.52 bits per heavy atom. The van der Waals surface area contributed by atoms with E-state index in [4.69, 9.17) is 16.3 Å². The average molecular weight is 463 g/mol. The molecule has 0 bridgehead atoms. The number of anilines is 1. The number of ether oxygens (including phenoxy) is 1. The summed E-state index contributed by atoms with van der Waals surface area (Å²) in [4.78, 5) is 21.1. The zero-order chi connectivity index (χ0) is 22.9. The van der Waals surface area contributed by atoms with E-state index in [1.54, 1.807) is 33.8 Å². The standard InChI is InChI=1S/C24H23ClN6O2/c1-17(18-3-5-21(25)6-4-18)33-24(32)30-11-9-29(10-12-30)23-15-26-22-13-19(7-8-31(22)23)20-14-27-28(2)16-20/h3-8,13-16H,1,9-12H2,2H3. The number of carbonyl (C=O) groups excluding carboxylic acids is 1. The van der Waals surface area contributed by atoms with Crippen LogP contribution in [0.4, 0.5) is 10.6 Å². The lowest BCUT2D eigenvalue weighted by Gasteiger charge is -2.34. The van der Waals surface area contributed by atoms with E-state index in [0.29, 0.717) is 37.0 Å². The van der Waals surface area contributed by atoms with E-state index in [9.17, 15) is 4.79 Å². The Labute approximate surface area is 196 Å². The van der Waals surface area contributed by atoms with Gasteiger partial charge in [0.1, 0.15) is 17.2 Å². The molecule has 1 fully saturated rings. The number of aromatic nitrogens is 4. The van der Waals surface area contributed by atoms with Crippen LogP contribution < -0.4 is 4.90 Å². The Bertz CT molecular complexity index is 1320.